The third-order valence-electron chi connectivity index (χ3n) is 10.6. The van der Waals surface area contributed by atoms with Crippen LogP contribution in [-0.4, -0.2) is 107 Å². The predicted octanol–water partition coefficient (Wildman–Crippen LogP) is 6.82. The summed E-state index contributed by atoms with van der Waals surface area (Å²) >= 11 is 2.12. The molecule has 0 spiro atoms. The van der Waals surface area contributed by atoms with Crippen LogP contribution in [0.15, 0.2) is 143 Å². The molecule has 2 aliphatic heterocycles. The van der Waals surface area contributed by atoms with E-state index in [0.29, 0.717) is 27.8 Å². The van der Waals surface area contributed by atoms with Gasteiger partial charge in [-0.3, -0.25) is 24.6 Å². The molecule has 3 atom stereocenters. The van der Waals surface area contributed by atoms with E-state index in [1.54, 1.807) is 69.3 Å². The van der Waals surface area contributed by atoms with Crippen LogP contribution >= 0.6 is 23.1 Å². The van der Waals surface area contributed by atoms with Crippen molar-refractivity contribution >= 4 is 75.9 Å². The fourth-order valence-electron chi connectivity index (χ4n) is 7.35. The Labute approximate surface area is 422 Å². The van der Waals surface area contributed by atoms with Gasteiger partial charge in [-0.1, -0.05) is 126 Å². The molecule has 7 rings (SSSR count). The Hall–Kier alpha value is -8.04. The first-order valence-corrected chi connectivity index (χ1v) is 24.3. The molecule has 1 fully saturated rings. The van der Waals surface area contributed by atoms with Crippen LogP contribution in [0.3, 0.4) is 0 Å². The van der Waals surface area contributed by atoms with Gasteiger partial charge in [0.25, 0.3) is 11.8 Å². The maximum atomic E-state index is 14.2. The Morgan fingerprint density at radius 3 is 1.83 bits per heavy atom. The molecule has 0 saturated carbocycles. The number of hydrogen-bond acceptors (Lipinski definition) is 17. The van der Waals surface area contributed by atoms with E-state index in [2.05, 4.69) is 26.1 Å². The number of aromatic nitrogens is 1. The highest BCUT2D eigenvalue weighted by Crippen LogP contribution is 2.42. The molecular formula is C51H50N6O13S2. The number of nitrogens with one attached hydrogen (secondary N) is 3. The molecule has 0 radical (unpaired) electrons. The Balaban J connectivity index is 1.02. The minimum absolute atomic E-state index is 0.0591. The molecule has 1 unspecified atom stereocenters. The molecule has 4 amide bonds. The van der Waals surface area contributed by atoms with Gasteiger partial charge in [-0.25, -0.2) is 24.2 Å². The topological polar surface area (TPSA) is 239 Å². The number of β-lactam (4-membered cyclic amide) rings is 1. The van der Waals surface area contributed by atoms with Gasteiger partial charge in [-0.05, 0) is 43.0 Å². The number of rotatable bonds is 18. The lowest BCUT2D eigenvalue weighted by Crippen LogP contribution is -2.71. The van der Waals surface area contributed by atoms with Gasteiger partial charge in [-0.2, -0.15) is 0 Å². The molecular weight excluding hydrogens is 969 g/mol. The molecule has 72 heavy (non-hydrogen) atoms. The van der Waals surface area contributed by atoms with E-state index >= 15 is 0 Å². The Morgan fingerprint density at radius 2 is 1.32 bits per heavy atom. The van der Waals surface area contributed by atoms with Crippen LogP contribution in [-0.2, 0) is 52.5 Å². The van der Waals surface area contributed by atoms with Gasteiger partial charge in [0.1, 0.15) is 48.7 Å². The molecule has 374 valence electrons. The lowest BCUT2D eigenvalue weighted by Gasteiger charge is -2.49. The predicted molar refractivity (Wildman–Crippen MR) is 264 cm³/mol. The van der Waals surface area contributed by atoms with E-state index < -0.39 is 83.8 Å². The van der Waals surface area contributed by atoms with Crippen LogP contribution < -0.4 is 16.0 Å². The maximum absolute atomic E-state index is 14.2. The lowest BCUT2D eigenvalue weighted by molar-refractivity contribution is -0.154. The SMILES string of the molecule is CO/N=C(/C(=O)N[C@@H]1C(=O)N2C(C(=O)OC(c3ccccc3)c3ccccc3)=C(COC(C)=O)CS[C@H]12)c1csc(NC(=O)OCC(NC(=O)OC(C)(C)C)C(=O)OC(c2ccccc2)c2ccccc2)n1. The number of carbonyl (C=O) groups excluding carboxylic acids is 7. The molecule has 5 aromatic rings. The van der Waals surface area contributed by atoms with Gasteiger partial charge < -0.3 is 39.2 Å². The second-order valence-corrected chi connectivity index (χ2v) is 18.9. The summed E-state index contributed by atoms with van der Waals surface area (Å²) < 4.78 is 28.1. The second-order valence-electron chi connectivity index (χ2n) is 16.9. The molecule has 2 aliphatic rings. The van der Waals surface area contributed by atoms with E-state index in [0.717, 1.165) is 11.3 Å². The summed E-state index contributed by atoms with van der Waals surface area (Å²) in [4.78, 5) is 104. The minimum atomic E-state index is -1.53. The summed E-state index contributed by atoms with van der Waals surface area (Å²) in [6.45, 7) is 5.18. The number of oxime groups is 1. The summed E-state index contributed by atoms with van der Waals surface area (Å²) in [5.41, 5.74) is 1.55. The van der Waals surface area contributed by atoms with Crippen LogP contribution in [0.1, 0.15) is 67.9 Å². The van der Waals surface area contributed by atoms with Crippen molar-refractivity contribution in [1.29, 1.82) is 0 Å². The highest BCUT2D eigenvalue weighted by molar-refractivity contribution is 8.00. The van der Waals surface area contributed by atoms with E-state index in [9.17, 15) is 33.6 Å². The third-order valence-corrected chi connectivity index (χ3v) is 12.7. The number of hydrogen-bond donors (Lipinski definition) is 3. The largest absolute Gasteiger partial charge is 0.461 e. The Bertz CT molecular complexity index is 2750. The molecule has 1 saturated heterocycles. The number of benzene rings is 4. The van der Waals surface area contributed by atoms with Crippen molar-refractivity contribution in [3.63, 3.8) is 0 Å². The number of nitrogens with zero attached hydrogens (tertiary/aromatic N) is 3. The highest BCUT2D eigenvalue weighted by atomic mass is 32.2. The first-order chi connectivity index (χ1) is 34.6. The molecule has 19 nitrogen and oxygen atoms in total. The van der Waals surface area contributed by atoms with Gasteiger partial charge in [0, 0.05) is 23.6 Å². The smallest absolute Gasteiger partial charge is 0.413 e. The zero-order valence-corrected chi connectivity index (χ0v) is 41.2. The van der Waals surface area contributed by atoms with E-state index in [4.69, 9.17) is 28.5 Å². The van der Waals surface area contributed by atoms with Gasteiger partial charge in [-0.15, -0.1) is 23.1 Å². The number of esters is 3. The van der Waals surface area contributed by atoms with E-state index in [1.807, 2.05) is 72.8 Å². The normalized spacial score (nSPS) is 15.8. The quantitative estimate of drug-likeness (QED) is 0.0268. The lowest BCUT2D eigenvalue weighted by atomic mass is 10.0. The van der Waals surface area contributed by atoms with Gasteiger partial charge in [0.05, 0.1) is 0 Å². The highest BCUT2D eigenvalue weighted by Gasteiger charge is 2.55. The van der Waals surface area contributed by atoms with Crippen LogP contribution in [0.5, 0.6) is 0 Å². The Morgan fingerprint density at radius 1 is 0.778 bits per heavy atom. The average Bonchev–Trinajstić information content (AvgIpc) is 3.83. The van der Waals surface area contributed by atoms with Crippen molar-refractivity contribution in [3.05, 3.63) is 166 Å². The second kappa shape index (κ2) is 23.7. The van der Waals surface area contributed by atoms with Gasteiger partial charge in [0.15, 0.2) is 29.1 Å². The summed E-state index contributed by atoms with van der Waals surface area (Å²) in [7, 11) is 1.20. The molecule has 1 aromatic heterocycles. The number of thioether (sulfide) groups is 1. The van der Waals surface area contributed by atoms with Crippen molar-refractivity contribution < 1.29 is 62.1 Å². The number of carbonyl (C=O) groups is 7. The van der Waals surface area contributed by atoms with Gasteiger partial charge in [0.2, 0.25) is 0 Å². The van der Waals surface area contributed by atoms with Crippen LogP contribution in [0.4, 0.5) is 14.7 Å². The number of anilines is 1. The molecule has 4 aromatic carbocycles. The number of fused-ring (bicyclic) bond motifs is 1. The third kappa shape index (κ3) is 13.2. The van der Waals surface area contributed by atoms with Crippen molar-refractivity contribution in [2.24, 2.45) is 5.16 Å². The molecule has 0 aliphatic carbocycles. The van der Waals surface area contributed by atoms with Crippen molar-refractivity contribution in [2.45, 2.75) is 63.0 Å². The van der Waals surface area contributed by atoms with E-state index in [-0.39, 0.29) is 34.6 Å². The summed E-state index contributed by atoms with van der Waals surface area (Å²) in [6.07, 6.45) is -3.78. The Kier molecular flexibility index (Phi) is 17.1. The standard InChI is InChI=1S/C51H50N6O13S2/c1-30(58)66-26-35-28-71-45-39(44(60)57(45)40(35)47(62)69-42(33-22-14-8-15-23-33)34-24-16-9-17-25-34)54-43(59)38(56-65-5)37-29-72-48(52-37)55-49(63)67-27-36(53-50(64)70-51(2,3)4)46(61)68-41(31-18-10-6-11-19-31)32-20-12-7-13-21-32/h6-25,29,36,39,41-42,45H,26-28H2,1-5H3,(H,53,64)(H,54,59)(H,52,55,63)/b56-38+/t36?,39-,45-/m1/s1. The van der Waals surface area contributed by atoms with Crippen LogP contribution in [0, 0.1) is 0 Å². The number of alkyl carbamates (subject to hydrolysis) is 1. The minimum Gasteiger partial charge on any atom is -0.461 e. The number of thiazole rings is 1. The van der Waals surface area contributed by atoms with Crippen LogP contribution in [0.25, 0.3) is 0 Å². The number of ether oxygens (including phenoxy) is 5. The average molecular weight is 1020 g/mol. The molecule has 3 heterocycles. The monoisotopic (exact) mass is 1020 g/mol. The fraction of sp³-hybridized carbons (Fsp3) is 0.275. The van der Waals surface area contributed by atoms with Crippen LogP contribution in [0.2, 0.25) is 0 Å². The maximum Gasteiger partial charge on any atom is 0.413 e. The zero-order chi connectivity index (χ0) is 51.4. The molecule has 0 bridgehead atoms. The summed E-state index contributed by atoms with van der Waals surface area (Å²) in [5, 5.41) is 11.9. The van der Waals surface area contributed by atoms with Gasteiger partial charge >= 0.3 is 30.1 Å². The first-order valence-electron chi connectivity index (χ1n) is 22.3. The molecule has 21 heteroatoms. The molecule has 3 N–H and O–H groups in total. The number of amides is 4. The first kappa shape index (κ1) is 51.8. The van der Waals surface area contributed by atoms with Crippen molar-refractivity contribution in [2.75, 3.05) is 31.4 Å². The zero-order valence-electron chi connectivity index (χ0n) is 39.6. The van der Waals surface area contributed by atoms with E-state index in [1.165, 1.54) is 36.1 Å². The summed E-state index contributed by atoms with van der Waals surface area (Å²) in [6, 6.07) is 33.4. The fourth-order valence-corrected chi connectivity index (χ4v) is 9.36. The summed E-state index contributed by atoms with van der Waals surface area (Å²) in [5.74, 6) is -3.73. The van der Waals surface area contributed by atoms with Crippen molar-refractivity contribution in [1.82, 2.24) is 20.5 Å². The van der Waals surface area contributed by atoms with Crippen molar-refractivity contribution in [3.8, 4) is 0 Å².